The summed E-state index contributed by atoms with van der Waals surface area (Å²) in [7, 11) is 1.60. The molecule has 1 aromatic carbocycles. The lowest BCUT2D eigenvalue weighted by molar-refractivity contribution is -0.274. The Hall–Kier alpha value is -3.72. The van der Waals surface area contributed by atoms with Crippen LogP contribution in [-0.4, -0.2) is 51.0 Å². The molecule has 3 aromatic rings. The molecule has 0 saturated carbocycles. The highest BCUT2D eigenvalue weighted by Gasteiger charge is 2.38. The molecule has 12 heteroatoms. The quantitative estimate of drug-likeness (QED) is 0.315. The fraction of sp³-hybridized carbons (Fsp3) is 0.462. The first kappa shape index (κ1) is 27.3. The molecule has 1 aliphatic heterocycles. The molecule has 0 spiro atoms. The molecule has 0 bridgehead atoms. The Morgan fingerprint density at radius 1 is 1.13 bits per heavy atom. The summed E-state index contributed by atoms with van der Waals surface area (Å²) in [6.45, 7) is 14.1. The number of fused-ring (bicyclic) bond motifs is 1. The van der Waals surface area contributed by atoms with Gasteiger partial charge in [-0.3, -0.25) is 9.47 Å². The van der Waals surface area contributed by atoms with Crippen molar-refractivity contribution in [2.45, 2.75) is 58.1 Å². The molecule has 3 atom stereocenters. The molecule has 1 aliphatic rings. The summed E-state index contributed by atoms with van der Waals surface area (Å²) in [6.07, 6.45) is -3.53. The third-order valence-electron chi connectivity index (χ3n) is 7.14. The molecule has 0 amide bonds. The van der Waals surface area contributed by atoms with Crippen molar-refractivity contribution in [2.75, 3.05) is 18.0 Å². The maximum Gasteiger partial charge on any atom is 0.573 e. The van der Waals surface area contributed by atoms with Gasteiger partial charge in [0.15, 0.2) is 5.82 Å². The van der Waals surface area contributed by atoms with Crippen LogP contribution in [0.2, 0.25) is 0 Å². The standard InChI is InChI=1S/C26H28F4N6O2/c1-6-16-14-36(24-23-21(34(5)25(37)33-24)10-11-22(31-4)32-23)17(7-2)13-35(16)15(3)19-9-8-18(12-20(19)27)38-26(28,29)30/h8-12,15-17H,6-7,13-14H2,1-3,5H3/t15?,16-,17+/m1/s1. The minimum atomic E-state index is -4.90. The Labute approximate surface area is 217 Å². The third-order valence-corrected chi connectivity index (χ3v) is 7.14. The van der Waals surface area contributed by atoms with Gasteiger partial charge in [0.1, 0.15) is 11.6 Å². The van der Waals surface area contributed by atoms with Crippen molar-refractivity contribution in [2.24, 2.45) is 7.05 Å². The van der Waals surface area contributed by atoms with Crippen LogP contribution in [0.5, 0.6) is 5.75 Å². The maximum atomic E-state index is 14.9. The van der Waals surface area contributed by atoms with Crippen molar-refractivity contribution in [1.29, 1.82) is 0 Å². The molecule has 0 radical (unpaired) electrons. The Morgan fingerprint density at radius 3 is 2.45 bits per heavy atom. The smallest absolute Gasteiger partial charge is 0.406 e. The van der Waals surface area contributed by atoms with Gasteiger partial charge >= 0.3 is 12.1 Å². The Kier molecular flexibility index (Phi) is 7.60. The zero-order chi connectivity index (χ0) is 27.8. The molecule has 0 aliphatic carbocycles. The number of anilines is 1. The lowest BCUT2D eigenvalue weighted by atomic mass is 9.96. The number of benzene rings is 1. The maximum absolute atomic E-state index is 14.9. The number of rotatable bonds is 6. The number of aryl methyl sites for hydroxylation is 1. The first-order valence-corrected chi connectivity index (χ1v) is 12.3. The zero-order valence-electron chi connectivity index (χ0n) is 21.5. The topological polar surface area (TPSA) is 67.9 Å². The van der Waals surface area contributed by atoms with Crippen molar-refractivity contribution >= 4 is 22.7 Å². The van der Waals surface area contributed by atoms with E-state index in [4.69, 9.17) is 6.57 Å². The average Bonchev–Trinajstić information content (AvgIpc) is 2.88. The lowest BCUT2D eigenvalue weighted by Gasteiger charge is -2.49. The molecule has 1 unspecified atom stereocenters. The van der Waals surface area contributed by atoms with Gasteiger partial charge in [0.25, 0.3) is 5.82 Å². The van der Waals surface area contributed by atoms with E-state index in [-0.39, 0.29) is 23.5 Å². The van der Waals surface area contributed by atoms with Crippen molar-refractivity contribution in [3.8, 4) is 5.75 Å². The average molecular weight is 533 g/mol. The van der Waals surface area contributed by atoms with E-state index >= 15 is 0 Å². The van der Waals surface area contributed by atoms with E-state index in [1.54, 1.807) is 19.2 Å². The second-order valence-corrected chi connectivity index (χ2v) is 9.31. The first-order chi connectivity index (χ1) is 18.0. The van der Waals surface area contributed by atoms with Gasteiger partial charge in [-0.1, -0.05) is 26.5 Å². The Balaban J connectivity index is 1.69. The number of piperazine rings is 1. The number of hydrogen-bond acceptors (Lipinski definition) is 6. The summed E-state index contributed by atoms with van der Waals surface area (Å²) in [5, 5.41) is 0. The molecule has 202 valence electrons. The van der Waals surface area contributed by atoms with E-state index in [9.17, 15) is 22.4 Å². The van der Waals surface area contributed by atoms with Crippen LogP contribution in [0.4, 0.5) is 29.2 Å². The van der Waals surface area contributed by atoms with E-state index in [2.05, 4.69) is 24.4 Å². The van der Waals surface area contributed by atoms with Gasteiger partial charge in [-0.2, -0.15) is 4.98 Å². The number of ether oxygens (including phenoxy) is 1. The fourth-order valence-corrected chi connectivity index (χ4v) is 5.10. The van der Waals surface area contributed by atoms with Crippen LogP contribution >= 0.6 is 0 Å². The minimum Gasteiger partial charge on any atom is -0.406 e. The van der Waals surface area contributed by atoms with E-state index in [0.29, 0.717) is 42.8 Å². The highest BCUT2D eigenvalue weighted by molar-refractivity contribution is 5.87. The molecule has 1 fully saturated rings. The van der Waals surface area contributed by atoms with Gasteiger partial charge in [-0.25, -0.2) is 9.18 Å². The van der Waals surface area contributed by atoms with Crippen LogP contribution in [0.1, 0.15) is 45.2 Å². The van der Waals surface area contributed by atoms with E-state index in [1.807, 2.05) is 25.7 Å². The SMILES string of the molecule is [C-]#[N+]c1ccc2c(n1)c(N1C[C@@H](CC)N(C(C)c3ccc(OC(F)(F)F)cc3F)C[C@@H]1CC)nc(=O)n2C. The summed E-state index contributed by atoms with van der Waals surface area (Å²) >= 11 is 0. The van der Waals surface area contributed by atoms with Crippen LogP contribution in [0.15, 0.2) is 35.1 Å². The normalized spacial score (nSPS) is 19.4. The van der Waals surface area contributed by atoms with Crippen molar-refractivity contribution in [3.63, 3.8) is 0 Å². The fourth-order valence-electron chi connectivity index (χ4n) is 5.10. The van der Waals surface area contributed by atoms with Crippen LogP contribution in [0.3, 0.4) is 0 Å². The van der Waals surface area contributed by atoms with E-state index in [1.165, 1.54) is 10.6 Å². The molecular formula is C26H28F4N6O2. The number of hydrogen-bond donors (Lipinski definition) is 0. The van der Waals surface area contributed by atoms with Gasteiger partial charge in [0.05, 0.1) is 5.52 Å². The van der Waals surface area contributed by atoms with E-state index < -0.39 is 29.7 Å². The second kappa shape index (κ2) is 10.6. The molecular weight excluding hydrogens is 504 g/mol. The van der Waals surface area contributed by atoms with Gasteiger partial charge < -0.3 is 14.5 Å². The van der Waals surface area contributed by atoms with Crippen molar-refractivity contribution in [1.82, 2.24) is 19.4 Å². The summed E-state index contributed by atoms with van der Waals surface area (Å²) in [5.74, 6) is -0.783. The molecule has 8 nitrogen and oxygen atoms in total. The Bertz CT molecular complexity index is 1430. The van der Waals surface area contributed by atoms with E-state index in [0.717, 1.165) is 12.1 Å². The predicted molar refractivity (Wildman–Crippen MR) is 135 cm³/mol. The molecule has 2 aromatic heterocycles. The largest absolute Gasteiger partial charge is 0.573 e. The number of alkyl halides is 3. The summed E-state index contributed by atoms with van der Waals surface area (Å²) < 4.78 is 57.9. The van der Waals surface area contributed by atoms with Gasteiger partial charge in [-0.15, -0.1) is 18.2 Å². The third kappa shape index (κ3) is 5.29. The summed E-state index contributed by atoms with van der Waals surface area (Å²) in [4.78, 5) is 29.1. The predicted octanol–water partition coefficient (Wildman–Crippen LogP) is 5.36. The van der Waals surface area contributed by atoms with Crippen molar-refractivity contribution < 1.29 is 22.3 Å². The Morgan fingerprint density at radius 2 is 1.84 bits per heavy atom. The summed E-state index contributed by atoms with van der Waals surface area (Å²) in [5.41, 5.74) is 0.852. The molecule has 38 heavy (non-hydrogen) atoms. The van der Waals surface area contributed by atoms with Crippen LogP contribution in [0, 0.1) is 12.4 Å². The first-order valence-electron chi connectivity index (χ1n) is 12.3. The molecule has 0 N–H and O–H groups in total. The van der Waals surface area contributed by atoms with Gasteiger partial charge in [0.2, 0.25) is 5.52 Å². The van der Waals surface area contributed by atoms with Crippen LogP contribution in [0.25, 0.3) is 15.9 Å². The monoisotopic (exact) mass is 532 g/mol. The molecule has 1 saturated heterocycles. The number of pyridine rings is 1. The van der Waals surface area contributed by atoms with Gasteiger partial charge in [-0.05, 0) is 38.0 Å². The molecule has 4 rings (SSSR count). The second-order valence-electron chi connectivity index (χ2n) is 9.31. The number of halogens is 4. The number of aromatic nitrogens is 3. The zero-order valence-corrected chi connectivity index (χ0v) is 21.5. The summed E-state index contributed by atoms with van der Waals surface area (Å²) in [6, 6.07) is 5.82. The lowest BCUT2D eigenvalue weighted by Crippen LogP contribution is -2.59. The number of nitrogens with zero attached hydrogens (tertiary/aromatic N) is 6. The van der Waals surface area contributed by atoms with Crippen LogP contribution in [-0.2, 0) is 7.05 Å². The molecule has 3 heterocycles. The highest BCUT2D eigenvalue weighted by Crippen LogP contribution is 2.35. The van der Waals surface area contributed by atoms with Crippen LogP contribution < -0.4 is 15.3 Å². The van der Waals surface area contributed by atoms with Crippen molar-refractivity contribution in [3.05, 3.63) is 63.6 Å². The minimum absolute atomic E-state index is 0.0803. The highest BCUT2D eigenvalue weighted by atomic mass is 19.4. The van der Waals surface area contributed by atoms with Gasteiger partial charge in [0, 0.05) is 49.9 Å².